The first-order chi connectivity index (χ1) is 11.8. The summed E-state index contributed by atoms with van der Waals surface area (Å²) in [6.07, 6.45) is 0.611. The predicted molar refractivity (Wildman–Crippen MR) is 97.5 cm³/mol. The lowest BCUT2D eigenvalue weighted by Crippen LogP contribution is -2.34. The molecule has 0 saturated heterocycles. The Balaban J connectivity index is 2.56. The molecule has 0 aliphatic carbocycles. The van der Waals surface area contributed by atoms with Crippen LogP contribution < -0.4 is 15.4 Å². The number of carbonyl (C=O) groups excluding carboxylic acids is 2. The number of benzene rings is 1. The maximum atomic E-state index is 12.0. The molecule has 138 valence electrons. The zero-order chi connectivity index (χ0) is 18.9. The maximum Gasteiger partial charge on any atom is 0.306 e. The standard InChI is InChI=1S/C15H21N3O5S2/c1-3-10-16-25(21,22)12-6-4-11(5-7-12)17-15(24)18-13(19)8-9-14(20)23-2/h4-7,16H,3,8-10H2,1-2H3,(H2,17,18,19,24). The molecule has 3 N–H and O–H groups in total. The SMILES string of the molecule is CCCNS(=O)(=O)c1ccc(NC(=S)NC(=O)CCC(=O)OC)cc1. The van der Waals surface area contributed by atoms with Gasteiger partial charge in [0, 0.05) is 18.7 Å². The minimum atomic E-state index is -3.53. The second kappa shape index (κ2) is 10.1. The molecule has 10 heteroatoms. The zero-order valence-corrected chi connectivity index (χ0v) is 15.6. The normalized spacial score (nSPS) is 10.8. The van der Waals surface area contributed by atoms with Gasteiger partial charge < -0.3 is 15.4 Å². The summed E-state index contributed by atoms with van der Waals surface area (Å²) in [6.45, 7) is 2.24. The minimum absolute atomic E-state index is 0.0394. The second-order valence-corrected chi connectivity index (χ2v) is 7.18. The van der Waals surface area contributed by atoms with Gasteiger partial charge in [0.1, 0.15) is 0 Å². The van der Waals surface area contributed by atoms with Crippen LogP contribution in [-0.2, 0) is 24.3 Å². The van der Waals surface area contributed by atoms with Crippen LogP contribution in [0.15, 0.2) is 29.2 Å². The van der Waals surface area contributed by atoms with Crippen LogP contribution in [0.3, 0.4) is 0 Å². The average Bonchev–Trinajstić information content (AvgIpc) is 2.58. The molecule has 1 rings (SSSR count). The Morgan fingerprint density at radius 3 is 2.36 bits per heavy atom. The largest absolute Gasteiger partial charge is 0.469 e. The summed E-state index contributed by atoms with van der Waals surface area (Å²) in [5, 5.41) is 5.24. The van der Waals surface area contributed by atoms with Crippen molar-refractivity contribution in [3.63, 3.8) is 0 Å². The number of sulfonamides is 1. The summed E-state index contributed by atoms with van der Waals surface area (Å²) in [6, 6.07) is 5.94. The van der Waals surface area contributed by atoms with E-state index in [-0.39, 0.29) is 22.8 Å². The van der Waals surface area contributed by atoms with Crippen molar-refractivity contribution in [2.75, 3.05) is 19.0 Å². The number of ether oxygens (including phenoxy) is 1. The van der Waals surface area contributed by atoms with E-state index in [1.54, 1.807) is 0 Å². The van der Waals surface area contributed by atoms with Gasteiger partial charge in [0.25, 0.3) is 0 Å². The molecule has 0 bridgehead atoms. The first-order valence-corrected chi connectivity index (χ1v) is 9.45. The molecule has 1 aromatic rings. The second-order valence-electron chi connectivity index (χ2n) is 5.00. The first kappa shape index (κ1) is 21.0. The van der Waals surface area contributed by atoms with Gasteiger partial charge in [-0.25, -0.2) is 13.1 Å². The highest BCUT2D eigenvalue weighted by Crippen LogP contribution is 2.14. The van der Waals surface area contributed by atoms with E-state index in [0.29, 0.717) is 18.7 Å². The minimum Gasteiger partial charge on any atom is -0.469 e. The average molecular weight is 387 g/mol. The Kier molecular flexibility index (Phi) is 8.46. The molecule has 0 aliphatic rings. The van der Waals surface area contributed by atoms with Gasteiger partial charge in [0.15, 0.2) is 5.11 Å². The van der Waals surface area contributed by atoms with E-state index in [9.17, 15) is 18.0 Å². The van der Waals surface area contributed by atoms with Crippen molar-refractivity contribution in [3.05, 3.63) is 24.3 Å². The number of thiocarbonyl (C=S) groups is 1. The summed E-state index contributed by atoms with van der Waals surface area (Å²) in [5.41, 5.74) is 0.521. The van der Waals surface area contributed by atoms with Crippen molar-refractivity contribution in [2.24, 2.45) is 0 Å². The zero-order valence-electron chi connectivity index (χ0n) is 14.0. The Morgan fingerprint density at radius 2 is 1.80 bits per heavy atom. The van der Waals surface area contributed by atoms with Crippen molar-refractivity contribution in [2.45, 2.75) is 31.1 Å². The molecule has 25 heavy (non-hydrogen) atoms. The third-order valence-corrected chi connectivity index (χ3v) is 4.68. The van der Waals surface area contributed by atoms with Crippen LogP contribution in [0, 0.1) is 0 Å². The van der Waals surface area contributed by atoms with Crippen LogP contribution in [0.2, 0.25) is 0 Å². The fourth-order valence-corrected chi connectivity index (χ4v) is 3.07. The van der Waals surface area contributed by atoms with Gasteiger partial charge in [0.2, 0.25) is 15.9 Å². The van der Waals surface area contributed by atoms with E-state index in [0.717, 1.165) is 0 Å². The third-order valence-electron chi connectivity index (χ3n) is 3.00. The van der Waals surface area contributed by atoms with E-state index < -0.39 is 21.9 Å². The Labute approximate surface area is 152 Å². The molecular formula is C15H21N3O5S2. The van der Waals surface area contributed by atoms with Gasteiger partial charge >= 0.3 is 5.97 Å². The Hall–Kier alpha value is -2.04. The van der Waals surface area contributed by atoms with Gasteiger partial charge in [-0.05, 0) is 42.9 Å². The van der Waals surface area contributed by atoms with Gasteiger partial charge in [-0.3, -0.25) is 9.59 Å². The fourth-order valence-electron chi connectivity index (χ4n) is 1.71. The number of hydrogen-bond acceptors (Lipinski definition) is 6. The molecule has 0 radical (unpaired) electrons. The van der Waals surface area contributed by atoms with Crippen molar-refractivity contribution in [3.8, 4) is 0 Å². The van der Waals surface area contributed by atoms with Crippen LogP contribution in [0.1, 0.15) is 26.2 Å². The molecule has 0 saturated carbocycles. The summed E-state index contributed by atoms with van der Waals surface area (Å²) in [5.74, 6) is -0.909. The molecule has 1 aromatic carbocycles. The number of hydrogen-bond donors (Lipinski definition) is 3. The highest BCUT2D eigenvalue weighted by atomic mass is 32.2. The monoisotopic (exact) mass is 387 g/mol. The van der Waals surface area contributed by atoms with Gasteiger partial charge in [0.05, 0.1) is 18.4 Å². The van der Waals surface area contributed by atoms with Crippen LogP contribution in [0.4, 0.5) is 5.69 Å². The molecule has 1 amide bonds. The molecular weight excluding hydrogens is 366 g/mol. The Morgan fingerprint density at radius 1 is 1.16 bits per heavy atom. The van der Waals surface area contributed by atoms with E-state index in [1.807, 2.05) is 6.92 Å². The quantitative estimate of drug-likeness (QED) is 0.453. The van der Waals surface area contributed by atoms with Gasteiger partial charge in [-0.1, -0.05) is 6.92 Å². The molecule has 0 atom stereocenters. The molecule has 0 spiro atoms. The van der Waals surface area contributed by atoms with Crippen molar-refractivity contribution >= 4 is 44.9 Å². The molecule has 0 aromatic heterocycles. The topological polar surface area (TPSA) is 114 Å². The summed E-state index contributed by atoms with van der Waals surface area (Å²) >= 11 is 4.99. The lowest BCUT2D eigenvalue weighted by molar-refractivity contribution is -0.142. The number of nitrogens with one attached hydrogen (secondary N) is 3. The van der Waals surface area contributed by atoms with Crippen molar-refractivity contribution in [1.29, 1.82) is 0 Å². The summed E-state index contributed by atoms with van der Waals surface area (Å²) in [7, 11) is -2.28. The number of rotatable bonds is 8. The van der Waals surface area contributed by atoms with E-state index in [1.165, 1.54) is 31.4 Å². The highest BCUT2D eigenvalue weighted by Gasteiger charge is 2.13. The van der Waals surface area contributed by atoms with Gasteiger partial charge in [-0.15, -0.1) is 0 Å². The maximum absolute atomic E-state index is 12.0. The number of methoxy groups -OCH3 is 1. The van der Waals surface area contributed by atoms with E-state index in [4.69, 9.17) is 12.2 Å². The molecule has 0 unspecified atom stereocenters. The summed E-state index contributed by atoms with van der Waals surface area (Å²) in [4.78, 5) is 22.7. The lowest BCUT2D eigenvalue weighted by Gasteiger charge is -2.10. The third kappa shape index (κ3) is 7.59. The van der Waals surface area contributed by atoms with E-state index in [2.05, 4.69) is 20.1 Å². The smallest absolute Gasteiger partial charge is 0.306 e. The van der Waals surface area contributed by atoms with Crippen LogP contribution >= 0.6 is 12.2 Å². The highest BCUT2D eigenvalue weighted by molar-refractivity contribution is 7.89. The van der Waals surface area contributed by atoms with Crippen LogP contribution in [0.5, 0.6) is 0 Å². The van der Waals surface area contributed by atoms with Crippen LogP contribution in [-0.4, -0.2) is 39.1 Å². The molecule has 0 fully saturated rings. The number of carbonyl (C=O) groups is 2. The number of esters is 1. The van der Waals surface area contributed by atoms with E-state index >= 15 is 0 Å². The van der Waals surface area contributed by atoms with Gasteiger partial charge in [-0.2, -0.15) is 0 Å². The van der Waals surface area contributed by atoms with Crippen molar-refractivity contribution in [1.82, 2.24) is 10.0 Å². The predicted octanol–water partition coefficient (Wildman–Crippen LogP) is 1.14. The lowest BCUT2D eigenvalue weighted by atomic mass is 10.3. The molecule has 8 nitrogen and oxygen atoms in total. The fraction of sp³-hybridized carbons (Fsp3) is 0.400. The number of amides is 1. The Bertz CT molecular complexity index is 717. The molecule has 0 aliphatic heterocycles. The number of anilines is 1. The van der Waals surface area contributed by atoms with Crippen LogP contribution in [0.25, 0.3) is 0 Å². The molecule has 0 heterocycles. The van der Waals surface area contributed by atoms with Crippen molar-refractivity contribution < 1.29 is 22.7 Å². The first-order valence-electron chi connectivity index (χ1n) is 7.56. The summed E-state index contributed by atoms with van der Waals surface area (Å²) < 4.78 is 30.9.